The summed E-state index contributed by atoms with van der Waals surface area (Å²) in [5.41, 5.74) is 5.83. The van der Waals surface area contributed by atoms with E-state index in [9.17, 15) is 9.59 Å². The van der Waals surface area contributed by atoms with Crippen molar-refractivity contribution >= 4 is 17.5 Å². The monoisotopic (exact) mass is 385 g/mol. The molecule has 29 heavy (non-hydrogen) atoms. The van der Waals surface area contributed by atoms with Crippen LogP contribution in [-0.2, 0) is 13.0 Å². The van der Waals surface area contributed by atoms with E-state index in [1.54, 1.807) is 23.1 Å². The molecule has 5 nitrogen and oxygen atoms in total. The number of hydrogen-bond acceptors (Lipinski definition) is 3. The molecule has 0 atom stereocenters. The van der Waals surface area contributed by atoms with Crippen LogP contribution in [0.25, 0.3) is 0 Å². The summed E-state index contributed by atoms with van der Waals surface area (Å²) in [6, 6.07) is 18.9. The first kappa shape index (κ1) is 18.9. The van der Waals surface area contributed by atoms with Crippen LogP contribution >= 0.6 is 0 Å². The summed E-state index contributed by atoms with van der Waals surface area (Å²) in [6.07, 6.45) is 0.828. The Morgan fingerprint density at radius 3 is 2.45 bits per heavy atom. The Balaban J connectivity index is 1.52. The van der Waals surface area contributed by atoms with Crippen molar-refractivity contribution < 1.29 is 9.59 Å². The van der Waals surface area contributed by atoms with Gasteiger partial charge in [-0.2, -0.15) is 0 Å². The molecular weight excluding hydrogens is 362 g/mol. The Hall–Kier alpha value is -3.47. The summed E-state index contributed by atoms with van der Waals surface area (Å²) in [5, 5.41) is 2.90. The highest BCUT2D eigenvalue weighted by atomic mass is 16.2. The lowest BCUT2D eigenvalue weighted by Gasteiger charge is -2.28. The van der Waals surface area contributed by atoms with E-state index in [1.165, 1.54) is 5.56 Å². The molecule has 0 bridgehead atoms. The minimum Gasteiger partial charge on any atom is -0.333 e. The first-order chi connectivity index (χ1) is 14.0. The van der Waals surface area contributed by atoms with Gasteiger partial charge in [0, 0.05) is 18.8 Å². The minimum atomic E-state index is -0.322. The number of anilines is 1. The number of rotatable bonds is 3. The summed E-state index contributed by atoms with van der Waals surface area (Å²) in [4.78, 5) is 31.8. The second-order valence-electron chi connectivity index (χ2n) is 7.36. The molecular formula is C24H23N3O2. The summed E-state index contributed by atoms with van der Waals surface area (Å²) in [7, 11) is 0. The summed E-state index contributed by atoms with van der Waals surface area (Å²) in [6.45, 7) is 5.18. The number of nitrogens with one attached hydrogen (secondary N) is 1. The van der Waals surface area contributed by atoms with E-state index in [1.807, 2.05) is 44.2 Å². The van der Waals surface area contributed by atoms with Gasteiger partial charge in [-0.05, 0) is 60.7 Å². The van der Waals surface area contributed by atoms with Crippen molar-refractivity contribution in [3.63, 3.8) is 0 Å². The van der Waals surface area contributed by atoms with Crippen molar-refractivity contribution in [2.75, 3.05) is 11.9 Å². The van der Waals surface area contributed by atoms with Crippen LogP contribution in [0.5, 0.6) is 0 Å². The Kier molecular flexibility index (Phi) is 5.12. The molecule has 146 valence electrons. The number of fused-ring (bicyclic) bond motifs is 1. The van der Waals surface area contributed by atoms with Crippen LogP contribution in [0.15, 0.2) is 60.7 Å². The zero-order valence-electron chi connectivity index (χ0n) is 16.6. The van der Waals surface area contributed by atoms with Gasteiger partial charge in [-0.1, -0.05) is 42.5 Å². The Morgan fingerprint density at radius 1 is 0.897 bits per heavy atom. The maximum absolute atomic E-state index is 13.0. The topological polar surface area (TPSA) is 62.3 Å². The second-order valence-corrected chi connectivity index (χ2v) is 7.36. The van der Waals surface area contributed by atoms with Crippen molar-refractivity contribution in [3.05, 3.63) is 94.3 Å². The molecule has 0 saturated carbocycles. The Morgan fingerprint density at radius 2 is 1.62 bits per heavy atom. The molecule has 0 saturated heterocycles. The van der Waals surface area contributed by atoms with Crippen LogP contribution in [0, 0.1) is 13.8 Å². The van der Waals surface area contributed by atoms with Gasteiger partial charge in [0.05, 0.1) is 0 Å². The van der Waals surface area contributed by atoms with Crippen LogP contribution in [-0.4, -0.2) is 28.2 Å². The van der Waals surface area contributed by atoms with Gasteiger partial charge in [0.2, 0.25) is 0 Å². The molecule has 0 spiro atoms. The molecule has 0 unspecified atom stereocenters. The molecule has 0 fully saturated rings. The van der Waals surface area contributed by atoms with Gasteiger partial charge in [-0.3, -0.25) is 9.59 Å². The minimum absolute atomic E-state index is 0.152. The van der Waals surface area contributed by atoms with Gasteiger partial charge in [-0.25, -0.2) is 4.98 Å². The fraction of sp³-hybridized carbons (Fsp3) is 0.208. The highest BCUT2D eigenvalue weighted by Gasteiger charge is 2.23. The largest absolute Gasteiger partial charge is 0.333 e. The van der Waals surface area contributed by atoms with Crippen molar-refractivity contribution in [1.82, 2.24) is 9.88 Å². The van der Waals surface area contributed by atoms with E-state index >= 15 is 0 Å². The molecule has 4 rings (SSSR count). The van der Waals surface area contributed by atoms with Gasteiger partial charge in [0.25, 0.3) is 11.8 Å². The summed E-state index contributed by atoms with van der Waals surface area (Å²) >= 11 is 0. The number of amides is 2. The van der Waals surface area contributed by atoms with Gasteiger partial charge >= 0.3 is 0 Å². The van der Waals surface area contributed by atoms with E-state index in [0.29, 0.717) is 13.1 Å². The fourth-order valence-corrected chi connectivity index (χ4v) is 3.58. The second kappa shape index (κ2) is 7.87. The van der Waals surface area contributed by atoms with Crippen LogP contribution in [0.4, 0.5) is 5.69 Å². The van der Waals surface area contributed by atoms with Gasteiger partial charge in [0.15, 0.2) is 0 Å². The maximum Gasteiger partial charge on any atom is 0.274 e. The molecule has 2 aromatic carbocycles. The SMILES string of the molecule is Cc1cccc(NC(=O)c2cccc(C(=O)N3CCc4ccccc4C3)n2)c1C. The number of carbonyl (C=O) groups is 2. The van der Waals surface area contributed by atoms with Crippen molar-refractivity contribution in [2.24, 2.45) is 0 Å². The van der Waals surface area contributed by atoms with Crippen molar-refractivity contribution in [1.29, 1.82) is 0 Å². The lowest BCUT2D eigenvalue weighted by molar-refractivity contribution is 0.0728. The predicted molar refractivity (Wildman–Crippen MR) is 113 cm³/mol. The number of hydrogen-bond donors (Lipinski definition) is 1. The molecule has 2 amide bonds. The average Bonchev–Trinajstić information content (AvgIpc) is 2.76. The van der Waals surface area contributed by atoms with E-state index < -0.39 is 0 Å². The van der Waals surface area contributed by atoms with Crippen molar-refractivity contribution in [2.45, 2.75) is 26.8 Å². The number of aryl methyl sites for hydroxylation is 1. The third kappa shape index (κ3) is 3.90. The number of benzene rings is 2. The van der Waals surface area contributed by atoms with E-state index in [2.05, 4.69) is 22.4 Å². The van der Waals surface area contributed by atoms with Gasteiger partial charge in [0.1, 0.15) is 11.4 Å². The molecule has 0 aliphatic carbocycles. The first-order valence-electron chi connectivity index (χ1n) is 9.73. The molecule has 1 aliphatic heterocycles. The molecule has 1 aromatic heterocycles. The standard InChI is InChI=1S/C24H23N3O2/c1-16-7-5-10-20(17(16)2)26-23(28)21-11-6-12-22(25-21)24(29)27-14-13-18-8-3-4-9-19(18)15-27/h3-12H,13-15H2,1-2H3,(H,26,28). The highest BCUT2D eigenvalue weighted by Crippen LogP contribution is 2.21. The van der Waals surface area contributed by atoms with Crippen molar-refractivity contribution in [3.8, 4) is 0 Å². The molecule has 0 radical (unpaired) electrons. The number of aromatic nitrogens is 1. The summed E-state index contributed by atoms with van der Waals surface area (Å²) in [5.74, 6) is -0.474. The lowest BCUT2D eigenvalue weighted by atomic mass is 10.00. The van der Waals surface area contributed by atoms with Crippen LogP contribution in [0.1, 0.15) is 43.2 Å². The van der Waals surface area contributed by atoms with Gasteiger partial charge < -0.3 is 10.2 Å². The first-order valence-corrected chi connectivity index (χ1v) is 9.73. The lowest BCUT2D eigenvalue weighted by Crippen LogP contribution is -2.36. The molecule has 1 N–H and O–H groups in total. The molecule has 5 heteroatoms. The fourth-order valence-electron chi connectivity index (χ4n) is 3.58. The third-order valence-corrected chi connectivity index (χ3v) is 5.47. The van der Waals surface area contributed by atoms with Crippen LogP contribution in [0.2, 0.25) is 0 Å². The number of carbonyl (C=O) groups excluding carboxylic acids is 2. The Bertz CT molecular complexity index is 1090. The van der Waals surface area contributed by atoms with E-state index in [-0.39, 0.29) is 23.2 Å². The zero-order chi connectivity index (χ0) is 20.4. The Labute approximate surface area is 170 Å². The normalized spacial score (nSPS) is 13.0. The zero-order valence-corrected chi connectivity index (χ0v) is 16.6. The summed E-state index contributed by atoms with van der Waals surface area (Å²) < 4.78 is 0. The molecule has 1 aliphatic rings. The van der Waals surface area contributed by atoms with Crippen LogP contribution in [0.3, 0.4) is 0 Å². The van der Waals surface area contributed by atoms with E-state index in [0.717, 1.165) is 28.8 Å². The van der Waals surface area contributed by atoms with E-state index in [4.69, 9.17) is 0 Å². The smallest absolute Gasteiger partial charge is 0.274 e. The average molecular weight is 385 g/mol. The quantitative estimate of drug-likeness (QED) is 0.737. The number of nitrogens with zero attached hydrogens (tertiary/aromatic N) is 2. The molecule has 3 aromatic rings. The number of pyridine rings is 1. The highest BCUT2D eigenvalue weighted by molar-refractivity contribution is 6.04. The van der Waals surface area contributed by atoms with Gasteiger partial charge in [-0.15, -0.1) is 0 Å². The third-order valence-electron chi connectivity index (χ3n) is 5.47. The predicted octanol–water partition coefficient (Wildman–Crippen LogP) is 4.15. The molecule has 2 heterocycles. The van der Waals surface area contributed by atoms with Crippen LogP contribution < -0.4 is 5.32 Å². The maximum atomic E-state index is 13.0.